The van der Waals surface area contributed by atoms with E-state index in [2.05, 4.69) is 21.8 Å². The number of carbonyl (C=O) groups excluding carboxylic acids is 3. The third-order valence-corrected chi connectivity index (χ3v) is 8.46. The van der Waals surface area contributed by atoms with Gasteiger partial charge in [-0.15, -0.1) is 0 Å². The van der Waals surface area contributed by atoms with Crippen molar-refractivity contribution < 1.29 is 24.2 Å². The Morgan fingerprint density at radius 2 is 1.81 bits per heavy atom. The minimum atomic E-state index is -0.917. The summed E-state index contributed by atoms with van der Waals surface area (Å²) in [6.45, 7) is 0.859. The molecule has 6 rings (SSSR count). The molecule has 3 aromatic carbocycles. The summed E-state index contributed by atoms with van der Waals surface area (Å²) in [5.74, 6) is -1.01. The molecule has 0 bridgehead atoms. The number of rotatable bonds is 10. The van der Waals surface area contributed by atoms with Crippen molar-refractivity contribution in [2.75, 3.05) is 25.1 Å². The summed E-state index contributed by atoms with van der Waals surface area (Å²) in [5, 5.41) is 30.5. The molecule has 1 aromatic heterocycles. The molecule has 2 atom stereocenters. The Hall–Kier alpha value is -5.18. The smallest absolute Gasteiger partial charge is 0.250 e. The Kier molecular flexibility index (Phi) is 9.52. The lowest BCUT2D eigenvalue weighted by molar-refractivity contribution is -0.149. The number of morpholine rings is 1. The van der Waals surface area contributed by atoms with Gasteiger partial charge in [0, 0.05) is 40.5 Å². The molecule has 4 aromatic rings. The lowest BCUT2D eigenvalue weighted by atomic mass is 10.0. The summed E-state index contributed by atoms with van der Waals surface area (Å²) in [7, 11) is 0. The maximum Gasteiger partial charge on any atom is 0.250 e. The van der Waals surface area contributed by atoms with E-state index < -0.39 is 18.0 Å². The van der Waals surface area contributed by atoms with Crippen molar-refractivity contribution in [3.05, 3.63) is 89.6 Å². The Labute approximate surface area is 276 Å². The lowest BCUT2D eigenvalue weighted by Crippen LogP contribution is -2.57. The highest BCUT2D eigenvalue weighted by atomic mass is 35.5. The first kappa shape index (κ1) is 31.8. The molecule has 1 saturated carbocycles. The van der Waals surface area contributed by atoms with Gasteiger partial charge in [-0.1, -0.05) is 54.1 Å². The van der Waals surface area contributed by atoms with Gasteiger partial charge in [0.1, 0.15) is 23.5 Å². The Bertz CT molecular complexity index is 1820. The van der Waals surface area contributed by atoms with Crippen LogP contribution in [-0.4, -0.2) is 63.3 Å². The van der Waals surface area contributed by atoms with Crippen LogP contribution in [0.15, 0.2) is 79.0 Å². The SMILES string of the molecule is N#CCCn1cc(-c2ccc(NC(=O)[C@@H]3COCCN3C(=O)[C@H](NC(=O)C3CC3)c3ccccc3)cc2)c(-c2cc(Cl)ccc2O)n1. The number of nitriles is 1. The van der Waals surface area contributed by atoms with E-state index in [-0.39, 0.29) is 49.7 Å². The zero-order valence-corrected chi connectivity index (χ0v) is 26.2. The van der Waals surface area contributed by atoms with Crippen LogP contribution in [0, 0.1) is 17.2 Å². The third-order valence-electron chi connectivity index (χ3n) is 8.22. The summed E-state index contributed by atoms with van der Waals surface area (Å²) >= 11 is 6.22. The molecule has 2 heterocycles. The summed E-state index contributed by atoms with van der Waals surface area (Å²) in [5.41, 5.74) is 3.56. The minimum absolute atomic E-state index is 0.0143. The van der Waals surface area contributed by atoms with Crippen molar-refractivity contribution in [2.45, 2.75) is 37.9 Å². The highest BCUT2D eigenvalue weighted by Crippen LogP contribution is 2.38. The number of benzene rings is 3. The number of aromatic nitrogens is 2. The van der Waals surface area contributed by atoms with Crippen LogP contribution in [0.1, 0.15) is 30.9 Å². The summed E-state index contributed by atoms with van der Waals surface area (Å²) in [4.78, 5) is 41.7. The van der Waals surface area contributed by atoms with E-state index in [4.69, 9.17) is 21.6 Å². The zero-order valence-electron chi connectivity index (χ0n) is 25.4. The summed E-state index contributed by atoms with van der Waals surface area (Å²) in [6, 6.07) is 21.1. The van der Waals surface area contributed by atoms with Crippen molar-refractivity contribution >= 4 is 35.0 Å². The van der Waals surface area contributed by atoms with E-state index in [0.29, 0.717) is 39.6 Å². The first-order valence-corrected chi connectivity index (χ1v) is 15.8. The van der Waals surface area contributed by atoms with E-state index in [1.165, 1.54) is 11.0 Å². The van der Waals surface area contributed by atoms with Crippen molar-refractivity contribution in [2.24, 2.45) is 5.92 Å². The van der Waals surface area contributed by atoms with Crippen molar-refractivity contribution in [3.8, 4) is 34.2 Å². The van der Waals surface area contributed by atoms with Gasteiger partial charge in [-0.05, 0) is 54.3 Å². The minimum Gasteiger partial charge on any atom is -0.507 e. The van der Waals surface area contributed by atoms with Crippen LogP contribution in [0.3, 0.4) is 0 Å². The second-order valence-electron chi connectivity index (χ2n) is 11.5. The maximum absolute atomic E-state index is 13.9. The van der Waals surface area contributed by atoms with Crippen LogP contribution in [0.2, 0.25) is 5.02 Å². The molecular formula is C35H33ClN6O5. The number of halogens is 1. The number of aryl methyl sites for hydroxylation is 1. The maximum atomic E-state index is 13.9. The number of carbonyl (C=O) groups is 3. The molecule has 3 amide bonds. The summed E-state index contributed by atoms with van der Waals surface area (Å²) < 4.78 is 7.26. The van der Waals surface area contributed by atoms with E-state index in [1.807, 2.05) is 30.3 Å². The number of ether oxygens (including phenoxy) is 1. The molecule has 0 spiro atoms. The molecule has 1 aliphatic carbocycles. The van der Waals surface area contributed by atoms with Crippen LogP contribution in [-0.2, 0) is 25.7 Å². The predicted octanol–water partition coefficient (Wildman–Crippen LogP) is 4.92. The second kappa shape index (κ2) is 14.1. The molecule has 0 radical (unpaired) electrons. The average molecular weight is 653 g/mol. The monoisotopic (exact) mass is 652 g/mol. The molecule has 1 saturated heterocycles. The van der Waals surface area contributed by atoms with Crippen molar-refractivity contribution in [1.82, 2.24) is 20.0 Å². The Morgan fingerprint density at radius 1 is 1.04 bits per heavy atom. The fraction of sp³-hybridized carbons (Fsp3) is 0.286. The zero-order chi connectivity index (χ0) is 32.9. The Balaban J connectivity index is 1.21. The number of nitrogens with one attached hydrogen (secondary N) is 2. The van der Waals surface area contributed by atoms with Crippen molar-refractivity contribution in [1.29, 1.82) is 5.26 Å². The van der Waals surface area contributed by atoms with Gasteiger partial charge in [0.15, 0.2) is 0 Å². The number of hydrogen-bond donors (Lipinski definition) is 3. The van der Waals surface area contributed by atoms with E-state index in [9.17, 15) is 19.5 Å². The number of phenols is 1. The summed E-state index contributed by atoms with van der Waals surface area (Å²) in [6.07, 6.45) is 3.67. The molecule has 11 nitrogen and oxygen atoms in total. The molecule has 2 aliphatic rings. The highest BCUT2D eigenvalue weighted by Gasteiger charge is 2.39. The molecule has 1 aliphatic heterocycles. The van der Waals surface area contributed by atoms with Crippen LogP contribution in [0.5, 0.6) is 5.75 Å². The number of aromatic hydroxyl groups is 1. The second-order valence-corrected chi connectivity index (χ2v) is 12.0. The van der Waals surface area contributed by atoms with E-state index in [0.717, 1.165) is 18.4 Å². The standard InChI is InChI=1S/C35H33ClN6O5/c36-25-11-14-30(43)27(19-25)32-28(20-41(40-32)16-4-15-37)22-9-12-26(13-10-22)38-34(45)29-21-47-18-17-42(29)35(46)31(23-5-2-1-3-6-23)39-33(44)24-7-8-24/h1-3,5-6,9-14,19-20,24,29,31,43H,4,7-8,16-18,21H2,(H,38,45)(H,39,44)/t29-,31+/m0/s1. The van der Waals surface area contributed by atoms with Crippen LogP contribution in [0.25, 0.3) is 22.4 Å². The number of hydrogen-bond acceptors (Lipinski definition) is 7. The molecular weight excluding hydrogens is 620 g/mol. The first-order chi connectivity index (χ1) is 22.8. The third kappa shape index (κ3) is 7.30. The van der Waals surface area contributed by atoms with Gasteiger partial charge in [-0.2, -0.15) is 10.4 Å². The van der Waals surface area contributed by atoms with Gasteiger partial charge in [-0.3, -0.25) is 19.1 Å². The van der Waals surface area contributed by atoms with Crippen LogP contribution < -0.4 is 10.6 Å². The van der Waals surface area contributed by atoms with Crippen LogP contribution in [0.4, 0.5) is 5.69 Å². The predicted molar refractivity (Wildman–Crippen MR) is 175 cm³/mol. The fourth-order valence-electron chi connectivity index (χ4n) is 5.56. The molecule has 3 N–H and O–H groups in total. The van der Waals surface area contributed by atoms with Gasteiger partial charge in [0.2, 0.25) is 11.8 Å². The number of amides is 3. The van der Waals surface area contributed by atoms with Gasteiger partial charge < -0.3 is 25.4 Å². The van der Waals surface area contributed by atoms with Gasteiger partial charge in [0.25, 0.3) is 5.91 Å². The van der Waals surface area contributed by atoms with Crippen LogP contribution >= 0.6 is 11.6 Å². The topological polar surface area (TPSA) is 150 Å². The van der Waals surface area contributed by atoms with Gasteiger partial charge >= 0.3 is 0 Å². The van der Waals surface area contributed by atoms with E-state index >= 15 is 0 Å². The fourth-order valence-corrected chi connectivity index (χ4v) is 5.73. The first-order valence-electron chi connectivity index (χ1n) is 15.4. The molecule has 2 fully saturated rings. The Morgan fingerprint density at radius 3 is 2.53 bits per heavy atom. The molecule has 47 heavy (non-hydrogen) atoms. The average Bonchev–Trinajstić information content (AvgIpc) is 3.87. The number of phenolic OH excluding ortho intramolecular Hbond substituents is 1. The number of anilines is 1. The molecule has 240 valence electrons. The molecule has 0 unspecified atom stereocenters. The quantitative estimate of drug-likeness (QED) is 0.220. The number of nitrogens with zero attached hydrogens (tertiary/aromatic N) is 4. The van der Waals surface area contributed by atoms with E-state index in [1.54, 1.807) is 47.3 Å². The normalized spacial score (nSPS) is 16.6. The largest absolute Gasteiger partial charge is 0.507 e. The lowest BCUT2D eigenvalue weighted by Gasteiger charge is -2.37. The highest BCUT2D eigenvalue weighted by molar-refractivity contribution is 6.31. The van der Waals surface area contributed by atoms with Gasteiger partial charge in [0.05, 0.1) is 32.2 Å². The molecule has 12 heteroatoms. The van der Waals surface area contributed by atoms with Crippen molar-refractivity contribution in [3.63, 3.8) is 0 Å². The van der Waals surface area contributed by atoms with Gasteiger partial charge in [-0.25, -0.2) is 0 Å².